The molecule has 32 heavy (non-hydrogen) atoms. The third kappa shape index (κ3) is 3.55. The zero-order chi connectivity index (χ0) is 23.0. The number of amides is 3. The number of carbonyl (C=O) groups is 3. The van der Waals surface area contributed by atoms with Gasteiger partial charge in [-0.25, -0.2) is 0 Å². The van der Waals surface area contributed by atoms with Gasteiger partial charge in [0, 0.05) is 17.5 Å². The monoisotopic (exact) mass is 461 g/mol. The molecule has 3 aliphatic heterocycles. The van der Waals surface area contributed by atoms with Gasteiger partial charge in [0.1, 0.15) is 11.8 Å². The van der Waals surface area contributed by atoms with Crippen LogP contribution >= 0.6 is 11.8 Å². The highest BCUT2D eigenvalue weighted by Gasteiger charge is 2.73. The number of rotatable bonds is 8. The zero-order valence-corrected chi connectivity index (χ0v) is 19.5. The molecule has 0 aromatic heterocycles. The maximum absolute atomic E-state index is 13.6. The second-order valence-electron chi connectivity index (χ2n) is 8.84. The Bertz CT molecular complexity index is 894. The van der Waals surface area contributed by atoms with Gasteiger partial charge in [-0.05, 0) is 50.5 Å². The molecule has 3 aliphatic rings. The van der Waals surface area contributed by atoms with Gasteiger partial charge in [-0.15, -0.1) is 11.8 Å². The minimum atomic E-state index is -0.747. The van der Waals surface area contributed by atoms with Crippen molar-refractivity contribution in [1.29, 1.82) is 0 Å². The SMILES string of the molecule is CCCNC(=O)[C@@H]1[C@@H]2CCC3(S2)C(C(=O)Nc2ccc(OC)cc2)N([C@H](C)CO)C(=O)[C@H]13. The van der Waals surface area contributed by atoms with Gasteiger partial charge in [0.05, 0.1) is 36.3 Å². The molecule has 1 aromatic rings. The molecule has 8 nitrogen and oxygen atoms in total. The average Bonchev–Trinajstić information content (AvgIpc) is 3.44. The van der Waals surface area contributed by atoms with Crippen LogP contribution in [0.1, 0.15) is 33.1 Å². The minimum absolute atomic E-state index is 0.0312. The van der Waals surface area contributed by atoms with Crippen molar-refractivity contribution in [3.05, 3.63) is 24.3 Å². The van der Waals surface area contributed by atoms with Crippen LogP contribution in [0.25, 0.3) is 0 Å². The van der Waals surface area contributed by atoms with Crippen molar-refractivity contribution in [3.8, 4) is 5.75 Å². The largest absolute Gasteiger partial charge is 0.497 e. The third-order valence-corrected chi connectivity index (χ3v) is 8.89. The number of methoxy groups -OCH3 is 1. The highest BCUT2D eigenvalue weighted by atomic mass is 32.2. The summed E-state index contributed by atoms with van der Waals surface area (Å²) < 4.78 is 4.52. The highest BCUT2D eigenvalue weighted by molar-refractivity contribution is 8.02. The number of aliphatic hydroxyl groups is 1. The minimum Gasteiger partial charge on any atom is -0.497 e. The van der Waals surface area contributed by atoms with Crippen LogP contribution in [0.15, 0.2) is 24.3 Å². The lowest BCUT2D eigenvalue weighted by Gasteiger charge is -2.36. The van der Waals surface area contributed by atoms with Crippen molar-refractivity contribution < 1.29 is 24.2 Å². The van der Waals surface area contributed by atoms with Crippen molar-refractivity contribution in [3.63, 3.8) is 0 Å². The van der Waals surface area contributed by atoms with Crippen LogP contribution in [0.5, 0.6) is 5.75 Å². The summed E-state index contributed by atoms with van der Waals surface area (Å²) in [6, 6.07) is 5.76. The molecule has 3 fully saturated rings. The zero-order valence-electron chi connectivity index (χ0n) is 18.7. The van der Waals surface area contributed by atoms with Crippen molar-refractivity contribution in [2.75, 3.05) is 25.6 Å². The van der Waals surface area contributed by atoms with Gasteiger partial charge < -0.3 is 25.4 Å². The first kappa shape index (κ1) is 22.9. The lowest BCUT2D eigenvalue weighted by molar-refractivity contribution is -0.141. The summed E-state index contributed by atoms with van der Waals surface area (Å²) in [5.74, 6) is -0.901. The molecule has 0 aliphatic carbocycles. The number of nitrogens with one attached hydrogen (secondary N) is 2. The van der Waals surface area contributed by atoms with E-state index in [1.165, 1.54) is 4.90 Å². The number of fused-ring (bicyclic) bond motifs is 1. The molecule has 6 atom stereocenters. The number of benzene rings is 1. The first-order valence-electron chi connectivity index (χ1n) is 11.2. The van der Waals surface area contributed by atoms with Gasteiger partial charge in [-0.1, -0.05) is 6.92 Å². The Morgan fingerprint density at radius 1 is 1.31 bits per heavy atom. The van der Waals surface area contributed by atoms with E-state index >= 15 is 0 Å². The smallest absolute Gasteiger partial charge is 0.248 e. The molecule has 3 amide bonds. The first-order chi connectivity index (χ1) is 15.4. The van der Waals surface area contributed by atoms with Crippen LogP contribution in [-0.2, 0) is 14.4 Å². The lowest BCUT2D eigenvalue weighted by Crippen LogP contribution is -2.54. The Hall–Kier alpha value is -2.26. The topological polar surface area (TPSA) is 108 Å². The predicted molar refractivity (Wildman–Crippen MR) is 122 cm³/mol. The number of anilines is 1. The van der Waals surface area contributed by atoms with Gasteiger partial charge in [0.15, 0.2) is 0 Å². The van der Waals surface area contributed by atoms with Crippen molar-refractivity contribution >= 4 is 35.2 Å². The van der Waals surface area contributed by atoms with E-state index in [0.717, 1.165) is 12.8 Å². The van der Waals surface area contributed by atoms with Gasteiger partial charge in [0.2, 0.25) is 17.7 Å². The molecule has 1 aromatic carbocycles. The summed E-state index contributed by atoms with van der Waals surface area (Å²) in [7, 11) is 1.58. The summed E-state index contributed by atoms with van der Waals surface area (Å²) >= 11 is 1.62. The molecule has 2 unspecified atom stereocenters. The van der Waals surface area contributed by atoms with Crippen LogP contribution in [0, 0.1) is 11.8 Å². The molecule has 3 saturated heterocycles. The average molecular weight is 462 g/mol. The molecule has 0 radical (unpaired) electrons. The summed E-state index contributed by atoms with van der Waals surface area (Å²) in [5, 5.41) is 15.8. The van der Waals surface area contributed by atoms with Crippen molar-refractivity contribution in [1.82, 2.24) is 10.2 Å². The maximum Gasteiger partial charge on any atom is 0.248 e. The van der Waals surface area contributed by atoms with Gasteiger partial charge in [-0.2, -0.15) is 0 Å². The quantitative estimate of drug-likeness (QED) is 0.543. The van der Waals surface area contributed by atoms with Crippen LogP contribution in [0.2, 0.25) is 0 Å². The van der Waals surface area contributed by atoms with Crippen LogP contribution in [0.3, 0.4) is 0 Å². The molecule has 174 valence electrons. The van der Waals surface area contributed by atoms with E-state index in [0.29, 0.717) is 24.4 Å². The predicted octanol–water partition coefficient (Wildman–Crippen LogP) is 1.63. The second-order valence-corrected chi connectivity index (χ2v) is 10.4. The molecule has 4 rings (SSSR count). The molecule has 2 bridgehead atoms. The number of thioether (sulfide) groups is 1. The number of nitrogens with zero attached hydrogens (tertiary/aromatic N) is 1. The summed E-state index contributed by atoms with van der Waals surface area (Å²) in [5.41, 5.74) is 0.606. The Morgan fingerprint density at radius 2 is 2.03 bits per heavy atom. The second kappa shape index (κ2) is 8.94. The number of hydrogen-bond acceptors (Lipinski definition) is 6. The third-order valence-electron chi connectivity index (χ3n) is 6.94. The number of ether oxygens (including phenoxy) is 1. The fourth-order valence-electron chi connectivity index (χ4n) is 5.50. The molecule has 0 saturated carbocycles. The first-order valence-corrected chi connectivity index (χ1v) is 12.1. The highest BCUT2D eigenvalue weighted by Crippen LogP contribution is 2.66. The fraction of sp³-hybridized carbons (Fsp3) is 0.609. The Kier molecular flexibility index (Phi) is 6.40. The van der Waals surface area contributed by atoms with Crippen LogP contribution in [-0.4, -0.2) is 70.1 Å². The lowest BCUT2D eigenvalue weighted by atomic mass is 9.70. The molecule has 3 N–H and O–H groups in total. The Balaban J connectivity index is 1.66. The van der Waals surface area contributed by atoms with Crippen LogP contribution < -0.4 is 15.4 Å². The maximum atomic E-state index is 13.6. The van der Waals surface area contributed by atoms with E-state index in [1.54, 1.807) is 50.1 Å². The number of hydrogen-bond donors (Lipinski definition) is 3. The van der Waals surface area contributed by atoms with Gasteiger partial charge in [-0.3, -0.25) is 14.4 Å². The summed E-state index contributed by atoms with van der Waals surface area (Å²) in [6.45, 7) is 4.05. The van der Waals surface area contributed by atoms with Crippen molar-refractivity contribution in [2.45, 2.75) is 55.2 Å². The molecule has 9 heteroatoms. The molecular formula is C23H31N3O5S. The standard InChI is InChI=1S/C23H31N3O5S/c1-4-11-24-20(28)17-16-9-10-23(32-16)18(17)22(30)26(13(2)12-27)19(23)21(29)25-14-5-7-15(31-3)8-6-14/h5-8,13,16-19,27H,4,9-12H2,1-3H3,(H,24,28)(H,25,29)/t13-,16+,17-,18+,19?,23?/m1/s1. The van der Waals surface area contributed by atoms with Gasteiger partial charge in [0.25, 0.3) is 0 Å². The van der Waals surface area contributed by atoms with E-state index in [4.69, 9.17) is 4.74 Å². The van der Waals surface area contributed by atoms with E-state index < -0.39 is 28.7 Å². The molecule has 3 heterocycles. The van der Waals surface area contributed by atoms with Gasteiger partial charge >= 0.3 is 0 Å². The Labute approximate surface area is 192 Å². The number of aliphatic hydroxyl groups excluding tert-OH is 1. The molecular weight excluding hydrogens is 430 g/mol. The van der Waals surface area contributed by atoms with Crippen molar-refractivity contribution in [2.24, 2.45) is 11.8 Å². The van der Waals surface area contributed by atoms with E-state index in [1.807, 2.05) is 6.92 Å². The normalized spacial score (nSPS) is 31.4. The van der Waals surface area contributed by atoms with E-state index in [2.05, 4.69) is 10.6 Å². The number of carbonyl (C=O) groups excluding carboxylic acids is 3. The fourth-order valence-corrected chi connectivity index (χ4v) is 7.71. The van der Waals surface area contributed by atoms with Crippen LogP contribution in [0.4, 0.5) is 5.69 Å². The Morgan fingerprint density at radius 3 is 2.66 bits per heavy atom. The molecule has 1 spiro atoms. The van der Waals surface area contributed by atoms with E-state index in [-0.39, 0.29) is 29.6 Å². The number of likely N-dealkylation sites (tertiary alicyclic amines) is 1. The summed E-state index contributed by atoms with van der Waals surface area (Å²) in [4.78, 5) is 41.7. The van der Waals surface area contributed by atoms with E-state index in [9.17, 15) is 19.5 Å². The summed E-state index contributed by atoms with van der Waals surface area (Å²) in [6.07, 6.45) is 2.32.